The third-order valence-electron chi connectivity index (χ3n) is 5.68. The van der Waals surface area contributed by atoms with Gasteiger partial charge in [0.2, 0.25) is 10.0 Å². The summed E-state index contributed by atoms with van der Waals surface area (Å²) in [6.07, 6.45) is 1.16. The largest absolute Gasteiger partial charge is 0.346 e. The molecule has 0 fully saturated rings. The van der Waals surface area contributed by atoms with Gasteiger partial charge in [-0.3, -0.25) is 9.10 Å². The van der Waals surface area contributed by atoms with Crippen LogP contribution in [0.15, 0.2) is 72.8 Å². The summed E-state index contributed by atoms with van der Waals surface area (Å²) >= 11 is 5.93. The molecule has 3 aromatic rings. The number of amides is 1. The predicted octanol–water partition coefficient (Wildman–Crippen LogP) is 6.09. The number of rotatable bonds is 7. The molecule has 0 spiro atoms. The van der Waals surface area contributed by atoms with Crippen LogP contribution in [0.25, 0.3) is 0 Å². The van der Waals surface area contributed by atoms with Crippen LogP contribution in [0.5, 0.6) is 0 Å². The Morgan fingerprint density at radius 3 is 2.00 bits per heavy atom. The molecule has 180 valence electrons. The number of hydrogen-bond donors (Lipinski definition) is 1. The van der Waals surface area contributed by atoms with Crippen molar-refractivity contribution in [1.29, 1.82) is 0 Å². The number of anilines is 1. The Morgan fingerprint density at radius 1 is 0.941 bits per heavy atom. The lowest BCUT2D eigenvalue weighted by molar-refractivity contribution is 0.0940. The van der Waals surface area contributed by atoms with E-state index in [1.165, 1.54) is 9.87 Å². The van der Waals surface area contributed by atoms with Gasteiger partial charge in [0.15, 0.2) is 0 Å². The highest BCUT2D eigenvalue weighted by atomic mass is 35.5. The summed E-state index contributed by atoms with van der Waals surface area (Å²) in [6.45, 7) is 8.60. The van der Waals surface area contributed by atoms with E-state index in [2.05, 4.69) is 38.2 Å². The van der Waals surface area contributed by atoms with Crippen molar-refractivity contribution in [3.8, 4) is 0 Å². The van der Waals surface area contributed by atoms with E-state index in [1.54, 1.807) is 48.5 Å². The Hall–Kier alpha value is -2.83. The molecule has 0 saturated heterocycles. The van der Waals surface area contributed by atoms with E-state index in [0.29, 0.717) is 16.3 Å². The Kier molecular flexibility index (Phi) is 7.74. The Balaban J connectivity index is 1.72. The van der Waals surface area contributed by atoms with Gasteiger partial charge in [-0.2, -0.15) is 0 Å². The van der Waals surface area contributed by atoms with Crippen molar-refractivity contribution in [3.63, 3.8) is 0 Å². The normalized spacial score (nSPS) is 12.8. The molecule has 34 heavy (non-hydrogen) atoms. The molecule has 1 atom stereocenters. The molecule has 5 nitrogen and oxygen atoms in total. The van der Waals surface area contributed by atoms with Gasteiger partial charge in [-0.15, -0.1) is 0 Å². The fraction of sp³-hybridized carbons (Fsp3) is 0.296. The molecule has 7 heteroatoms. The second-order valence-corrected chi connectivity index (χ2v) is 11.9. The van der Waals surface area contributed by atoms with Crippen molar-refractivity contribution in [2.24, 2.45) is 0 Å². The van der Waals surface area contributed by atoms with Crippen molar-refractivity contribution < 1.29 is 13.2 Å². The molecular weight excluding hydrogens is 468 g/mol. The number of sulfonamides is 1. The van der Waals surface area contributed by atoms with E-state index in [9.17, 15) is 13.2 Å². The smallest absolute Gasteiger partial charge is 0.251 e. The Labute approximate surface area is 207 Å². The average molecular weight is 499 g/mol. The minimum absolute atomic E-state index is 0.0696. The number of carbonyl (C=O) groups excluding carboxylic acids is 1. The molecule has 0 aliphatic heterocycles. The Morgan fingerprint density at radius 2 is 1.50 bits per heavy atom. The first-order valence-electron chi connectivity index (χ1n) is 11.1. The van der Waals surface area contributed by atoms with Gasteiger partial charge in [-0.1, -0.05) is 68.8 Å². The van der Waals surface area contributed by atoms with Gasteiger partial charge in [0.25, 0.3) is 5.91 Å². The zero-order chi connectivity index (χ0) is 25.1. The van der Waals surface area contributed by atoms with Crippen molar-refractivity contribution in [1.82, 2.24) is 5.32 Å². The van der Waals surface area contributed by atoms with Crippen LogP contribution < -0.4 is 9.62 Å². The highest BCUT2D eigenvalue weighted by Gasteiger charge is 2.19. The predicted molar refractivity (Wildman–Crippen MR) is 140 cm³/mol. The van der Waals surface area contributed by atoms with Gasteiger partial charge in [0.1, 0.15) is 0 Å². The summed E-state index contributed by atoms with van der Waals surface area (Å²) in [5.41, 5.74) is 4.08. The Bertz CT molecular complexity index is 1230. The van der Waals surface area contributed by atoms with Crippen LogP contribution in [0.4, 0.5) is 5.69 Å². The van der Waals surface area contributed by atoms with Gasteiger partial charge in [-0.25, -0.2) is 8.42 Å². The van der Waals surface area contributed by atoms with Crippen LogP contribution in [0.2, 0.25) is 5.02 Å². The molecule has 0 saturated carbocycles. The van der Waals surface area contributed by atoms with Gasteiger partial charge in [0.05, 0.1) is 24.5 Å². The quantitative estimate of drug-likeness (QED) is 0.428. The molecule has 0 heterocycles. The molecule has 3 rings (SSSR count). The van der Waals surface area contributed by atoms with Crippen LogP contribution >= 0.6 is 11.6 Å². The maximum atomic E-state index is 12.8. The maximum Gasteiger partial charge on any atom is 0.251 e. The molecule has 0 aliphatic carbocycles. The van der Waals surface area contributed by atoms with Crippen molar-refractivity contribution in [3.05, 3.63) is 100 Å². The minimum Gasteiger partial charge on any atom is -0.346 e. The molecule has 0 aromatic heterocycles. The molecule has 3 aromatic carbocycles. The molecule has 1 amide bonds. The number of halogens is 1. The lowest BCUT2D eigenvalue weighted by Crippen LogP contribution is -2.29. The molecule has 1 N–H and O–H groups in total. The van der Waals surface area contributed by atoms with Crippen LogP contribution in [0.1, 0.15) is 60.8 Å². The van der Waals surface area contributed by atoms with Crippen molar-refractivity contribution in [2.75, 3.05) is 10.6 Å². The van der Waals surface area contributed by atoms with Crippen molar-refractivity contribution in [2.45, 2.75) is 45.7 Å². The molecule has 0 radical (unpaired) electrons. The van der Waals surface area contributed by atoms with Gasteiger partial charge in [0, 0.05) is 10.6 Å². The SMILES string of the molecule is CC(NC(=O)c1ccc(N(Cc2ccc(Cl)cc2)S(C)(=O)=O)cc1)c1ccc(C(C)(C)C)cc1. The summed E-state index contributed by atoms with van der Waals surface area (Å²) in [7, 11) is -3.53. The number of benzene rings is 3. The monoisotopic (exact) mass is 498 g/mol. The lowest BCUT2D eigenvalue weighted by Gasteiger charge is -2.23. The van der Waals surface area contributed by atoms with Gasteiger partial charge >= 0.3 is 0 Å². The van der Waals surface area contributed by atoms with Gasteiger partial charge < -0.3 is 5.32 Å². The topological polar surface area (TPSA) is 66.5 Å². The highest BCUT2D eigenvalue weighted by Crippen LogP contribution is 2.25. The number of nitrogens with one attached hydrogen (secondary N) is 1. The van der Waals surface area contributed by atoms with E-state index in [-0.39, 0.29) is 23.9 Å². The van der Waals surface area contributed by atoms with Crippen LogP contribution in [0, 0.1) is 0 Å². The van der Waals surface area contributed by atoms with Crippen molar-refractivity contribution >= 4 is 33.2 Å². The summed E-state index contributed by atoms with van der Waals surface area (Å²) < 4.78 is 26.2. The zero-order valence-electron chi connectivity index (χ0n) is 20.2. The lowest BCUT2D eigenvalue weighted by atomic mass is 9.86. The van der Waals surface area contributed by atoms with E-state index in [0.717, 1.165) is 17.4 Å². The number of carbonyl (C=O) groups is 1. The van der Waals surface area contributed by atoms with E-state index >= 15 is 0 Å². The van der Waals surface area contributed by atoms with E-state index < -0.39 is 10.0 Å². The number of hydrogen-bond acceptors (Lipinski definition) is 3. The van der Waals surface area contributed by atoms with Crippen LogP contribution in [-0.4, -0.2) is 20.6 Å². The molecule has 0 aliphatic rings. The van der Waals surface area contributed by atoms with Crippen LogP contribution in [-0.2, 0) is 22.0 Å². The average Bonchev–Trinajstić information content (AvgIpc) is 2.77. The fourth-order valence-corrected chi connectivity index (χ4v) is 4.58. The first kappa shape index (κ1) is 25.8. The fourth-order valence-electron chi connectivity index (χ4n) is 3.57. The summed E-state index contributed by atoms with van der Waals surface area (Å²) in [6, 6.07) is 21.7. The third kappa shape index (κ3) is 6.61. The molecule has 1 unspecified atom stereocenters. The second kappa shape index (κ2) is 10.2. The van der Waals surface area contributed by atoms with Gasteiger partial charge in [-0.05, 0) is 65.4 Å². The maximum absolute atomic E-state index is 12.8. The summed E-state index contributed by atoms with van der Waals surface area (Å²) in [4.78, 5) is 12.8. The number of nitrogens with zero attached hydrogens (tertiary/aromatic N) is 1. The zero-order valence-corrected chi connectivity index (χ0v) is 21.7. The second-order valence-electron chi connectivity index (χ2n) is 9.51. The third-order valence-corrected chi connectivity index (χ3v) is 7.07. The first-order valence-corrected chi connectivity index (χ1v) is 13.3. The highest BCUT2D eigenvalue weighted by molar-refractivity contribution is 7.92. The van der Waals surface area contributed by atoms with E-state index in [1.807, 2.05) is 19.1 Å². The standard InChI is InChI=1S/C27H31ClN2O3S/c1-19(21-8-12-23(13-9-21)27(2,3)4)29-26(31)22-10-16-25(17-11-22)30(34(5,32)33)18-20-6-14-24(28)15-7-20/h6-17,19H,18H2,1-5H3,(H,29,31). The molecule has 0 bridgehead atoms. The minimum atomic E-state index is -3.53. The summed E-state index contributed by atoms with van der Waals surface area (Å²) in [5, 5.41) is 3.60. The molecular formula is C27H31ClN2O3S. The van der Waals surface area contributed by atoms with Crippen LogP contribution in [0.3, 0.4) is 0 Å². The summed E-state index contributed by atoms with van der Waals surface area (Å²) in [5.74, 6) is -0.220. The van der Waals surface area contributed by atoms with E-state index in [4.69, 9.17) is 11.6 Å². The first-order chi connectivity index (χ1) is 15.8.